The van der Waals surface area contributed by atoms with Crippen molar-refractivity contribution in [3.63, 3.8) is 0 Å². The summed E-state index contributed by atoms with van der Waals surface area (Å²) in [5.41, 5.74) is 6.09. The van der Waals surface area contributed by atoms with Crippen molar-refractivity contribution < 1.29 is 0 Å². The van der Waals surface area contributed by atoms with Crippen molar-refractivity contribution in [2.45, 2.75) is 0 Å². The molecule has 44 heavy (non-hydrogen) atoms. The molecule has 0 spiro atoms. The molecule has 0 fully saturated rings. The third-order valence-electron chi connectivity index (χ3n) is 8.99. The highest BCUT2D eigenvalue weighted by atomic mass is 15.0. The van der Waals surface area contributed by atoms with Crippen molar-refractivity contribution in [2.24, 2.45) is 0 Å². The lowest BCUT2D eigenvalue weighted by molar-refractivity contribution is 1.12. The van der Waals surface area contributed by atoms with Gasteiger partial charge in [0.2, 0.25) is 0 Å². The summed E-state index contributed by atoms with van der Waals surface area (Å²) in [4.78, 5) is 0. The second-order valence-corrected chi connectivity index (χ2v) is 11.1. The van der Waals surface area contributed by atoms with Crippen LogP contribution in [-0.4, -0.2) is 9.13 Å². The third kappa shape index (κ3) is 3.14. The van der Waals surface area contributed by atoms with Crippen molar-refractivity contribution >= 4 is 65.2 Å². The Morgan fingerprint density at radius 1 is 0.364 bits per heavy atom. The van der Waals surface area contributed by atoms with E-state index >= 15 is 0 Å². The molecule has 0 unspecified atom stereocenters. The molecule has 0 radical (unpaired) electrons. The summed E-state index contributed by atoms with van der Waals surface area (Å²) in [6.45, 7) is 0. The molecule has 0 amide bonds. The number of hydrogen-bond donors (Lipinski definition) is 0. The van der Waals surface area contributed by atoms with E-state index in [0.717, 1.165) is 65.2 Å². The molecule has 0 saturated heterocycles. The van der Waals surface area contributed by atoms with Gasteiger partial charge in [0.1, 0.15) is 12.1 Å². The van der Waals surface area contributed by atoms with Crippen molar-refractivity contribution in [2.75, 3.05) is 0 Å². The molecule has 4 nitrogen and oxygen atoms in total. The molecule has 4 heteroatoms. The zero-order chi connectivity index (χ0) is 29.4. The van der Waals surface area contributed by atoms with Crippen molar-refractivity contribution in [1.29, 1.82) is 10.5 Å². The first kappa shape index (κ1) is 24.3. The lowest BCUT2D eigenvalue weighted by atomic mass is 10.0. The highest BCUT2D eigenvalue weighted by Crippen LogP contribution is 2.41. The van der Waals surface area contributed by atoms with E-state index in [1.165, 1.54) is 0 Å². The van der Waals surface area contributed by atoms with Gasteiger partial charge in [0, 0.05) is 21.5 Å². The lowest BCUT2D eigenvalue weighted by Gasteiger charge is -2.16. The summed E-state index contributed by atoms with van der Waals surface area (Å²) in [7, 11) is 0. The van der Waals surface area contributed by atoms with Crippen LogP contribution in [0.3, 0.4) is 0 Å². The molecule has 0 bridgehead atoms. The van der Waals surface area contributed by atoms with E-state index in [2.05, 4.69) is 130 Å². The Hall–Kier alpha value is -6.36. The van der Waals surface area contributed by atoms with Gasteiger partial charge in [0.25, 0.3) is 0 Å². The number of fused-ring (bicyclic) bond motifs is 10. The molecular formula is C40H22N4. The molecule has 0 saturated carbocycles. The quantitative estimate of drug-likeness (QED) is 0.212. The molecular weight excluding hydrogens is 536 g/mol. The predicted octanol–water partition coefficient (Wildman–Crippen LogP) is 9.93. The Labute approximate surface area is 252 Å². The molecule has 2 heterocycles. The Kier molecular flexibility index (Phi) is 5.00. The smallest absolute Gasteiger partial charge is 0.103 e. The van der Waals surface area contributed by atoms with Gasteiger partial charge in [-0.3, -0.25) is 0 Å². The van der Waals surface area contributed by atoms with Crippen LogP contribution in [0.15, 0.2) is 133 Å². The number of para-hydroxylation sites is 2. The molecule has 0 N–H and O–H groups in total. The minimum Gasteiger partial charge on any atom is -0.308 e. The largest absolute Gasteiger partial charge is 0.308 e. The Balaban J connectivity index is 1.40. The van der Waals surface area contributed by atoms with Crippen LogP contribution in [0.2, 0.25) is 0 Å². The lowest BCUT2D eigenvalue weighted by Crippen LogP contribution is -2.05. The molecule has 7 aromatic carbocycles. The van der Waals surface area contributed by atoms with Crippen LogP contribution in [0.25, 0.3) is 76.5 Å². The molecule has 0 atom stereocenters. The van der Waals surface area contributed by atoms with Gasteiger partial charge in [0.15, 0.2) is 0 Å². The standard InChI is InChI=1S/C40H22N4/c41-23-31-32(24-42)36(44-34-16-8-6-14-30(34)40-28-12-4-2-10-26(28)18-20-38(40)44)22-21-35(31)43-33-15-7-5-13-29(33)39-27-11-3-1-9-25(27)17-19-37(39)43/h1-22H. The molecule has 0 aliphatic rings. The van der Waals surface area contributed by atoms with Crippen LogP contribution >= 0.6 is 0 Å². The van der Waals surface area contributed by atoms with Gasteiger partial charge in [-0.05, 0) is 57.9 Å². The minimum absolute atomic E-state index is 0.354. The first-order chi connectivity index (χ1) is 21.8. The number of rotatable bonds is 2. The summed E-state index contributed by atoms with van der Waals surface area (Å²) >= 11 is 0. The maximum absolute atomic E-state index is 10.7. The van der Waals surface area contributed by atoms with Gasteiger partial charge in [-0.1, -0.05) is 97.1 Å². The Morgan fingerprint density at radius 3 is 1.18 bits per heavy atom. The first-order valence-corrected chi connectivity index (χ1v) is 14.6. The van der Waals surface area contributed by atoms with E-state index in [0.29, 0.717) is 22.5 Å². The summed E-state index contributed by atoms with van der Waals surface area (Å²) in [5, 5.41) is 30.6. The number of nitrogens with zero attached hydrogens (tertiary/aromatic N) is 4. The summed E-state index contributed by atoms with van der Waals surface area (Å²) in [6, 6.07) is 50.7. The molecule has 9 rings (SSSR count). The molecule has 0 aliphatic carbocycles. The fraction of sp³-hybridized carbons (Fsp3) is 0. The zero-order valence-electron chi connectivity index (χ0n) is 23.5. The van der Waals surface area contributed by atoms with Crippen molar-refractivity contribution in [3.8, 4) is 23.5 Å². The molecule has 0 aliphatic heterocycles. The molecule has 9 aromatic rings. The van der Waals surface area contributed by atoms with Crippen molar-refractivity contribution in [3.05, 3.63) is 145 Å². The van der Waals surface area contributed by atoms with E-state index in [9.17, 15) is 10.5 Å². The summed E-state index contributed by atoms with van der Waals surface area (Å²) in [6.07, 6.45) is 0. The van der Waals surface area contributed by atoms with E-state index < -0.39 is 0 Å². The second kappa shape index (κ2) is 9.07. The van der Waals surface area contributed by atoms with Gasteiger partial charge in [-0.2, -0.15) is 10.5 Å². The SMILES string of the molecule is N#Cc1c(-n2c3ccccc3c3c4ccccc4ccc32)ccc(-n2c3ccccc3c3c4ccccc4ccc32)c1C#N. The van der Waals surface area contributed by atoms with Gasteiger partial charge in [0.05, 0.1) is 44.6 Å². The normalized spacial score (nSPS) is 11.6. The summed E-state index contributed by atoms with van der Waals surface area (Å²) < 4.78 is 4.28. The first-order valence-electron chi connectivity index (χ1n) is 14.6. The molecule has 2 aromatic heterocycles. The average Bonchev–Trinajstić information content (AvgIpc) is 3.61. The van der Waals surface area contributed by atoms with Gasteiger partial charge < -0.3 is 9.13 Å². The van der Waals surface area contributed by atoms with Crippen molar-refractivity contribution in [1.82, 2.24) is 9.13 Å². The van der Waals surface area contributed by atoms with Crippen LogP contribution in [0.5, 0.6) is 0 Å². The Morgan fingerprint density at radius 2 is 0.750 bits per heavy atom. The fourth-order valence-corrected chi connectivity index (χ4v) is 7.18. The third-order valence-corrected chi connectivity index (χ3v) is 8.99. The van der Waals surface area contributed by atoms with Crippen LogP contribution < -0.4 is 0 Å². The average molecular weight is 559 g/mol. The van der Waals surface area contributed by atoms with E-state index in [1.54, 1.807) is 0 Å². The maximum atomic E-state index is 10.7. The second-order valence-electron chi connectivity index (χ2n) is 11.1. The van der Waals surface area contributed by atoms with Crippen LogP contribution in [0, 0.1) is 22.7 Å². The zero-order valence-corrected chi connectivity index (χ0v) is 23.5. The molecule has 202 valence electrons. The van der Waals surface area contributed by atoms with E-state index in [-0.39, 0.29) is 0 Å². The van der Waals surface area contributed by atoms with Crippen LogP contribution in [0.4, 0.5) is 0 Å². The fourth-order valence-electron chi connectivity index (χ4n) is 7.18. The summed E-state index contributed by atoms with van der Waals surface area (Å²) in [5.74, 6) is 0. The van der Waals surface area contributed by atoms with Crippen LogP contribution in [-0.2, 0) is 0 Å². The van der Waals surface area contributed by atoms with Gasteiger partial charge >= 0.3 is 0 Å². The topological polar surface area (TPSA) is 57.4 Å². The number of aromatic nitrogens is 2. The number of hydrogen-bond acceptors (Lipinski definition) is 2. The minimum atomic E-state index is 0.354. The Bertz CT molecular complexity index is 2550. The number of benzene rings is 7. The van der Waals surface area contributed by atoms with Gasteiger partial charge in [-0.15, -0.1) is 0 Å². The predicted molar refractivity (Wildman–Crippen MR) is 180 cm³/mol. The van der Waals surface area contributed by atoms with E-state index in [1.807, 2.05) is 24.3 Å². The van der Waals surface area contributed by atoms with Crippen LogP contribution in [0.1, 0.15) is 11.1 Å². The highest BCUT2D eigenvalue weighted by molar-refractivity contribution is 6.22. The monoisotopic (exact) mass is 558 g/mol. The van der Waals surface area contributed by atoms with E-state index in [4.69, 9.17) is 0 Å². The van der Waals surface area contributed by atoms with Gasteiger partial charge in [-0.25, -0.2) is 0 Å². The highest BCUT2D eigenvalue weighted by Gasteiger charge is 2.23. The number of nitriles is 2. The maximum Gasteiger partial charge on any atom is 0.103 e.